The van der Waals surface area contributed by atoms with E-state index in [1.165, 1.54) is 6.20 Å². The van der Waals surface area contributed by atoms with Crippen LogP contribution in [0.25, 0.3) is 0 Å². The fourth-order valence-electron chi connectivity index (χ4n) is 1.15. The highest BCUT2D eigenvalue weighted by Crippen LogP contribution is 2.13. The lowest BCUT2D eigenvalue weighted by molar-refractivity contribution is 0.0949. The Morgan fingerprint density at radius 2 is 2.53 bits per heavy atom. The number of hydrogen-bond donors (Lipinski definition) is 2. The SMILES string of the molecule is Cc1ccsc1/C=N\NC(=O)c1[nH]ncc1Br. The van der Waals surface area contributed by atoms with E-state index in [4.69, 9.17) is 0 Å². The molecule has 0 aromatic carbocycles. The van der Waals surface area contributed by atoms with Crippen molar-refractivity contribution in [1.29, 1.82) is 0 Å². The van der Waals surface area contributed by atoms with Crippen molar-refractivity contribution in [3.05, 3.63) is 38.3 Å². The fraction of sp³-hybridized carbons (Fsp3) is 0.100. The number of rotatable bonds is 3. The van der Waals surface area contributed by atoms with Crippen LogP contribution in [0.5, 0.6) is 0 Å². The van der Waals surface area contributed by atoms with Gasteiger partial charge in [0.2, 0.25) is 0 Å². The van der Waals surface area contributed by atoms with Crippen molar-refractivity contribution in [2.45, 2.75) is 6.92 Å². The molecule has 0 unspecified atom stereocenters. The van der Waals surface area contributed by atoms with E-state index in [0.717, 1.165) is 10.4 Å². The van der Waals surface area contributed by atoms with Crippen molar-refractivity contribution >= 4 is 39.4 Å². The summed E-state index contributed by atoms with van der Waals surface area (Å²) in [5.41, 5.74) is 3.91. The molecule has 0 fully saturated rings. The van der Waals surface area contributed by atoms with E-state index in [2.05, 4.69) is 36.7 Å². The van der Waals surface area contributed by atoms with E-state index in [1.54, 1.807) is 17.6 Å². The zero-order valence-electron chi connectivity index (χ0n) is 8.90. The maximum absolute atomic E-state index is 11.6. The molecule has 5 nitrogen and oxygen atoms in total. The number of H-pyrrole nitrogens is 1. The standard InChI is InChI=1S/C10H9BrN4OS/c1-6-2-3-17-8(6)5-13-15-10(16)9-7(11)4-12-14-9/h2-5H,1H3,(H,12,14)(H,15,16)/b13-5-. The molecule has 2 aromatic heterocycles. The number of nitrogens with zero attached hydrogens (tertiary/aromatic N) is 2. The van der Waals surface area contributed by atoms with Gasteiger partial charge >= 0.3 is 0 Å². The summed E-state index contributed by atoms with van der Waals surface area (Å²) in [5.74, 6) is -0.333. The number of halogens is 1. The Bertz CT molecular complexity index is 560. The van der Waals surface area contributed by atoms with Crippen LogP contribution in [0, 0.1) is 6.92 Å². The highest BCUT2D eigenvalue weighted by atomic mass is 79.9. The first-order valence-electron chi connectivity index (χ1n) is 4.75. The van der Waals surface area contributed by atoms with Gasteiger partial charge in [0.05, 0.1) is 16.9 Å². The van der Waals surface area contributed by atoms with Gasteiger partial charge in [-0.25, -0.2) is 5.43 Å². The third kappa shape index (κ3) is 2.80. The van der Waals surface area contributed by atoms with Crippen LogP contribution in [0.1, 0.15) is 20.9 Å². The second-order valence-electron chi connectivity index (χ2n) is 3.26. The monoisotopic (exact) mass is 312 g/mol. The fourth-order valence-corrected chi connectivity index (χ4v) is 2.31. The molecule has 2 N–H and O–H groups in total. The third-order valence-corrected chi connectivity index (χ3v) is 3.62. The van der Waals surface area contributed by atoms with Crippen LogP contribution in [0.2, 0.25) is 0 Å². The zero-order valence-corrected chi connectivity index (χ0v) is 11.3. The summed E-state index contributed by atoms with van der Waals surface area (Å²) >= 11 is 4.78. The van der Waals surface area contributed by atoms with Crippen molar-refractivity contribution in [3.8, 4) is 0 Å². The third-order valence-electron chi connectivity index (χ3n) is 2.07. The van der Waals surface area contributed by atoms with Gasteiger partial charge in [-0.3, -0.25) is 9.89 Å². The number of thiophene rings is 1. The molecule has 0 bridgehead atoms. The molecule has 17 heavy (non-hydrogen) atoms. The number of carbonyl (C=O) groups excluding carboxylic acids is 1. The number of aryl methyl sites for hydroxylation is 1. The Labute approximate surface area is 110 Å². The van der Waals surface area contributed by atoms with Crippen molar-refractivity contribution in [3.63, 3.8) is 0 Å². The van der Waals surface area contributed by atoms with E-state index in [1.807, 2.05) is 18.4 Å². The van der Waals surface area contributed by atoms with E-state index in [9.17, 15) is 4.79 Å². The van der Waals surface area contributed by atoms with Gasteiger partial charge in [-0.15, -0.1) is 11.3 Å². The summed E-state index contributed by atoms with van der Waals surface area (Å²) in [6, 6.07) is 2.00. The molecule has 0 aliphatic heterocycles. The lowest BCUT2D eigenvalue weighted by Crippen LogP contribution is -2.18. The molecule has 2 heterocycles. The maximum atomic E-state index is 11.6. The van der Waals surface area contributed by atoms with E-state index in [-0.39, 0.29) is 5.91 Å². The Kier molecular flexibility index (Phi) is 3.70. The van der Waals surface area contributed by atoms with Crippen LogP contribution in [-0.2, 0) is 0 Å². The van der Waals surface area contributed by atoms with E-state index >= 15 is 0 Å². The highest BCUT2D eigenvalue weighted by molar-refractivity contribution is 9.10. The Morgan fingerprint density at radius 1 is 1.71 bits per heavy atom. The van der Waals surface area contributed by atoms with Gasteiger partial charge in [-0.1, -0.05) is 0 Å². The molecule has 0 atom stereocenters. The van der Waals surface area contributed by atoms with Crippen LogP contribution >= 0.6 is 27.3 Å². The zero-order chi connectivity index (χ0) is 12.3. The number of aromatic amines is 1. The second-order valence-corrected chi connectivity index (χ2v) is 5.06. The predicted octanol–water partition coefficient (Wildman–Crippen LogP) is 2.31. The van der Waals surface area contributed by atoms with Crippen molar-refractivity contribution in [2.24, 2.45) is 5.10 Å². The van der Waals surface area contributed by atoms with Crippen LogP contribution in [0.4, 0.5) is 0 Å². The van der Waals surface area contributed by atoms with Crippen LogP contribution in [0.15, 0.2) is 27.2 Å². The van der Waals surface area contributed by atoms with Crippen molar-refractivity contribution in [1.82, 2.24) is 15.6 Å². The summed E-state index contributed by atoms with van der Waals surface area (Å²) in [6.45, 7) is 1.99. The molecule has 0 spiro atoms. The van der Waals surface area contributed by atoms with E-state index < -0.39 is 0 Å². The predicted molar refractivity (Wildman–Crippen MR) is 70.4 cm³/mol. The number of hydrogen-bond acceptors (Lipinski definition) is 4. The molecule has 2 rings (SSSR count). The average Bonchev–Trinajstić information content (AvgIpc) is 2.88. The summed E-state index contributed by atoms with van der Waals surface area (Å²) in [4.78, 5) is 12.6. The molecule has 0 saturated carbocycles. The van der Waals surface area contributed by atoms with Crippen LogP contribution in [-0.4, -0.2) is 22.3 Å². The van der Waals surface area contributed by atoms with Gasteiger partial charge in [-0.05, 0) is 39.9 Å². The summed E-state index contributed by atoms with van der Waals surface area (Å²) < 4.78 is 0.609. The van der Waals surface area contributed by atoms with Gasteiger partial charge in [0.15, 0.2) is 0 Å². The first-order chi connectivity index (χ1) is 8.18. The summed E-state index contributed by atoms with van der Waals surface area (Å²) in [6.07, 6.45) is 3.14. The number of hydrazone groups is 1. The highest BCUT2D eigenvalue weighted by Gasteiger charge is 2.10. The van der Waals surface area contributed by atoms with Gasteiger partial charge in [0.1, 0.15) is 5.69 Å². The lowest BCUT2D eigenvalue weighted by atomic mass is 10.3. The number of nitrogens with one attached hydrogen (secondary N) is 2. The summed E-state index contributed by atoms with van der Waals surface area (Å²) in [5, 5.41) is 12.2. The Hall–Kier alpha value is -1.47. The maximum Gasteiger partial charge on any atom is 0.290 e. The van der Waals surface area contributed by atoms with E-state index in [0.29, 0.717) is 10.2 Å². The average molecular weight is 313 g/mol. The van der Waals surface area contributed by atoms with Crippen molar-refractivity contribution < 1.29 is 4.79 Å². The molecule has 88 valence electrons. The van der Waals surface area contributed by atoms with Crippen LogP contribution < -0.4 is 5.43 Å². The second kappa shape index (κ2) is 5.24. The molecule has 2 aromatic rings. The van der Waals surface area contributed by atoms with Gasteiger partial charge < -0.3 is 0 Å². The molecule has 0 aliphatic rings. The molecule has 0 radical (unpaired) electrons. The number of carbonyl (C=O) groups is 1. The molecular weight excluding hydrogens is 304 g/mol. The van der Waals surface area contributed by atoms with Crippen LogP contribution in [0.3, 0.4) is 0 Å². The Morgan fingerprint density at radius 3 is 3.12 bits per heavy atom. The minimum absolute atomic E-state index is 0.333. The first-order valence-corrected chi connectivity index (χ1v) is 6.42. The smallest absolute Gasteiger partial charge is 0.272 e. The molecule has 7 heteroatoms. The Balaban J connectivity index is 2.00. The number of aromatic nitrogens is 2. The summed E-state index contributed by atoms with van der Waals surface area (Å²) in [7, 11) is 0. The van der Waals surface area contributed by atoms with Crippen molar-refractivity contribution in [2.75, 3.05) is 0 Å². The lowest BCUT2D eigenvalue weighted by Gasteiger charge is -1.96. The topological polar surface area (TPSA) is 70.1 Å². The molecule has 0 saturated heterocycles. The minimum atomic E-state index is -0.333. The molecular formula is C10H9BrN4OS. The van der Waals surface area contributed by atoms with Gasteiger partial charge in [0.25, 0.3) is 5.91 Å². The minimum Gasteiger partial charge on any atom is -0.272 e. The largest absolute Gasteiger partial charge is 0.290 e. The normalized spacial score (nSPS) is 10.9. The first kappa shape index (κ1) is 12.0. The molecule has 0 aliphatic carbocycles. The quantitative estimate of drug-likeness (QED) is 0.674. The molecule has 1 amide bonds. The number of amides is 1. The van der Waals surface area contributed by atoms with Gasteiger partial charge in [-0.2, -0.15) is 10.2 Å². The van der Waals surface area contributed by atoms with Gasteiger partial charge in [0, 0.05) is 4.88 Å².